The topological polar surface area (TPSA) is 82.1 Å². The van der Waals surface area contributed by atoms with Gasteiger partial charge in [0.1, 0.15) is 40.7 Å². The average molecular weight is 370 g/mol. The number of halogens is 1. The van der Waals surface area contributed by atoms with E-state index in [-0.39, 0.29) is 17.3 Å². The monoisotopic (exact) mass is 370 g/mol. The van der Waals surface area contributed by atoms with Crippen molar-refractivity contribution in [3.63, 3.8) is 0 Å². The van der Waals surface area contributed by atoms with E-state index in [0.29, 0.717) is 11.5 Å². The first-order valence-corrected chi connectivity index (χ1v) is 9.02. The molecule has 25 heavy (non-hydrogen) atoms. The van der Waals surface area contributed by atoms with Gasteiger partial charge in [-0.25, -0.2) is 12.8 Å². The van der Waals surface area contributed by atoms with Crippen molar-refractivity contribution in [1.29, 1.82) is 0 Å². The lowest BCUT2D eigenvalue weighted by molar-refractivity contribution is 0.125. The Morgan fingerprint density at radius 1 is 1.04 bits per heavy atom. The zero-order valence-corrected chi connectivity index (χ0v) is 14.6. The van der Waals surface area contributed by atoms with Gasteiger partial charge in [0.2, 0.25) is 0 Å². The summed E-state index contributed by atoms with van der Waals surface area (Å²) in [4.78, 5) is -0.0739. The van der Waals surface area contributed by atoms with Crippen molar-refractivity contribution >= 4 is 9.84 Å². The van der Waals surface area contributed by atoms with E-state index in [9.17, 15) is 17.9 Å². The Labute approximate surface area is 145 Å². The summed E-state index contributed by atoms with van der Waals surface area (Å²) in [5, 5.41) is 10.0. The molecule has 0 bridgehead atoms. The van der Waals surface area contributed by atoms with Crippen LogP contribution in [0.3, 0.4) is 0 Å². The van der Waals surface area contributed by atoms with E-state index in [1.807, 2.05) is 0 Å². The van der Waals surface area contributed by atoms with Gasteiger partial charge in [0.25, 0.3) is 0 Å². The number of aliphatic hydroxyl groups excluding tert-OH is 1. The third-order valence-electron chi connectivity index (χ3n) is 3.37. The van der Waals surface area contributed by atoms with Gasteiger partial charge in [-0.2, -0.15) is 0 Å². The molecule has 0 aliphatic carbocycles. The van der Waals surface area contributed by atoms with Crippen LogP contribution in [0.2, 0.25) is 0 Å². The molecule has 0 aliphatic rings. The normalized spacial score (nSPS) is 12.5. The molecule has 0 aliphatic heterocycles. The van der Waals surface area contributed by atoms with Gasteiger partial charge in [0.05, 0.1) is 20.0 Å². The number of aliphatic hydroxyl groups is 1. The zero-order valence-electron chi connectivity index (χ0n) is 13.8. The number of benzene rings is 2. The second kappa shape index (κ2) is 8.17. The van der Waals surface area contributed by atoms with E-state index in [4.69, 9.17) is 14.2 Å². The molecule has 0 aromatic heterocycles. The quantitative estimate of drug-likeness (QED) is 0.766. The van der Waals surface area contributed by atoms with Crippen molar-refractivity contribution in [1.82, 2.24) is 0 Å². The molecule has 2 rings (SSSR count). The maximum Gasteiger partial charge on any atom is 0.184 e. The number of methoxy groups -OCH3 is 2. The van der Waals surface area contributed by atoms with Crippen molar-refractivity contribution in [2.75, 3.05) is 26.6 Å². The molecular weight excluding hydrogens is 351 g/mol. The van der Waals surface area contributed by atoms with E-state index in [2.05, 4.69) is 0 Å². The summed E-state index contributed by atoms with van der Waals surface area (Å²) >= 11 is 0. The largest absolute Gasteiger partial charge is 0.497 e. The highest BCUT2D eigenvalue weighted by Crippen LogP contribution is 2.29. The fraction of sp³-hybridized carbons (Fsp3) is 0.294. The Hall–Kier alpha value is -2.32. The van der Waals surface area contributed by atoms with Gasteiger partial charge in [-0.15, -0.1) is 0 Å². The third-order valence-corrected chi connectivity index (χ3v) is 5.19. The van der Waals surface area contributed by atoms with Gasteiger partial charge in [0.15, 0.2) is 9.84 Å². The lowest BCUT2D eigenvalue weighted by atomic mass is 10.3. The third kappa shape index (κ3) is 5.07. The highest BCUT2D eigenvalue weighted by atomic mass is 32.2. The predicted octanol–water partition coefficient (Wildman–Crippen LogP) is 2.06. The molecule has 0 saturated heterocycles. The Morgan fingerprint density at radius 2 is 1.68 bits per heavy atom. The molecule has 0 fully saturated rings. The summed E-state index contributed by atoms with van der Waals surface area (Å²) in [5.41, 5.74) is 0. The molecule has 1 unspecified atom stereocenters. The van der Waals surface area contributed by atoms with Crippen LogP contribution in [0.5, 0.6) is 17.2 Å². The fourth-order valence-corrected chi connectivity index (χ4v) is 3.68. The van der Waals surface area contributed by atoms with Gasteiger partial charge < -0.3 is 19.3 Å². The van der Waals surface area contributed by atoms with Gasteiger partial charge in [-0.1, -0.05) is 0 Å². The van der Waals surface area contributed by atoms with E-state index >= 15 is 0 Å². The van der Waals surface area contributed by atoms with Crippen LogP contribution in [0.4, 0.5) is 4.39 Å². The molecule has 2 aromatic carbocycles. The predicted molar refractivity (Wildman–Crippen MR) is 89.5 cm³/mol. The van der Waals surface area contributed by atoms with Gasteiger partial charge in [0, 0.05) is 6.07 Å². The molecule has 0 saturated carbocycles. The first-order chi connectivity index (χ1) is 11.9. The molecule has 6 nitrogen and oxygen atoms in total. The lowest BCUT2D eigenvalue weighted by Gasteiger charge is -2.15. The average Bonchev–Trinajstić information content (AvgIpc) is 2.60. The molecule has 8 heteroatoms. The fourth-order valence-electron chi connectivity index (χ4n) is 2.14. The van der Waals surface area contributed by atoms with Crippen LogP contribution in [0.15, 0.2) is 47.4 Å². The number of rotatable bonds is 8. The molecule has 1 N–H and O–H groups in total. The van der Waals surface area contributed by atoms with E-state index < -0.39 is 27.5 Å². The molecule has 136 valence electrons. The number of hydrogen-bond donors (Lipinski definition) is 1. The minimum Gasteiger partial charge on any atom is -0.497 e. The van der Waals surface area contributed by atoms with Crippen LogP contribution >= 0.6 is 0 Å². The van der Waals surface area contributed by atoms with Crippen LogP contribution in [0.1, 0.15) is 0 Å². The summed E-state index contributed by atoms with van der Waals surface area (Å²) in [7, 11) is -1.06. The van der Waals surface area contributed by atoms with E-state index in [1.54, 1.807) is 6.07 Å². The molecule has 2 aromatic rings. The Bertz CT molecular complexity index is 804. The van der Waals surface area contributed by atoms with Crippen molar-refractivity contribution in [2.24, 2.45) is 0 Å². The van der Waals surface area contributed by atoms with Gasteiger partial charge in [-0.05, 0) is 36.4 Å². The first-order valence-electron chi connectivity index (χ1n) is 7.37. The highest BCUT2D eigenvalue weighted by molar-refractivity contribution is 7.91. The maximum absolute atomic E-state index is 12.8. The molecule has 0 heterocycles. The minimum absolute atomic E-state index is 0.0739. The SMILES string of the molecule is COc1ccc(OC)c(S(=O)(=O)CC(O)COc2ccc(F)cc2)c1. The summed E-state index contributed by atoms with van der Waals surface area (Å²) in [6.45, 7) is -0.253. The summed E-state index contributed by atoms with van der Waals surface area (Å²) < 4.78 is 53.3. The van der Waals surface area contributed by atoms with Gasteiger partial charge in [-0.3, -0.25) is 0 Å². The number of ether oxygens (including phenoxy) is 3. The molecule has 0 spiro atoms. The zero-order chi connectivity index (χ0) is 18.4. The van der Waals surface area contributed by atoms with Crippen molar-refractivity contribution < 1.29 is 32.1 Å². The first kappa shape index (κ1) is 19.0. The van der Waals surface area contributed by atoms with Crippen molar-refractivity contribution in [2.45, 2.75) is 11.0 Å². The number of sulfone groups is 1. The minimum atomic E-state index is -3.84. The Balaban J connectivity index is 2.08. The molecule has 0 amide bonds. The van der Waals surface area contributed by atoms with Crippen LogP contribution in [-0.2, 0) is 9.84 Å². The van der Waals surface area contributed by atoms with Gasteiger partial charge >= 0.3 is 0 Å². The van der Waals surface area contributed by atoms with E-state index in [0.717, 1.165) is 0 Å². The second-order valence-electron chi connectivity index (χ2n) is 5.22. The molecule has 1 atom stereocenters. The van der Waals surface area contributed by atoms with Crippen LogP contribution < -0.4 is 14.2 Å². The Morgan fingerprint density at radius 3 is 2.28 bits per heavy atom. The van der Waals surface area contributed by atoms with Crippen LogP contribution in [-0.4, -0.2) is 46.2 Å². The van der Waals surface area contributed by atoms with Crippen LogP contribution in [0.25, 0.3) is 0 Å². The summed E-state index contributed by atoms with van der Waals surface area (Å²) in [6, 6.07) is 9.59. The van der Waals surface area contributed by atoms with Crippen molar-refractivity contribution in [3.05, 3.63) is 48.3 Å². The lowest BCUT2D eigenvalue weighted by Crippen LogP contribution is -2.27. The molecule has 0 radical (unpaired) electrons. The van der Waals surface area contributed by atoms with Crippen molar-refractivity contribution in [3.8, 4) is 17.2 Å². The maximum atomic E-state index is 12.8. The summed E-state index contributed by atoms with van der Waals surface area (Å²) in [5.74, 6) is -0.126. The number of hydrogen-bond acceptors (Lipinski definition) is 6. The highest BCUT2D eigenvalue weighted by Gasteiger charge is 2.24. The molecular formula is C17H19FO6S. The standard InChI is InChI=1S/C17H19FO6S/c1-22-15-7-8-16(23-2)17(9-15)25(20,21)11-13(19)10-24-14-5-3-12(18)4-6-14/h3-9,13,19H,10-11H2,1-2H3. The summed E-state index contributed by atoms with van der Waals surface area (Å²) in [6.07, 6.45) is -1.27. The van der Waals surface area contributed by atoms with E-state index in [1.165, 1.54) is 50.6 Å². The van der Waals surface area contributed by atoms with Crippen LogP contribution in [0, 0.1) is 5.82 Å². The smallest absolute Gasteiger partial charge is 0.184 e. The Kier molecular flexibility index (Phi) is 6.22. The second-order valence-corrected chi connectivity index (χ2v) is 7.22.